The summed E-state index contributed by atoms with van der Waals surface area (Å²) in [6.45, 7) is 7.63. The van der Waals surface area contributed by atoms with Crippen LogP contribution in [0.4, 0.5) is 11.5 Å². The molecule has 5 aliphatic heterocycles. The molecule has 0 spiro atoms. The van der Waals surface area contributed by atoms with Crippen molar-refractivity contribution in [3.63, 3.8) is 0 Å². The first kappa shape index (κ1) is 41.3. The minimum Gasteiger partial charge on any atom is -0.457 e. The lowest BCUT2D eigenvalue weighted by Crippen LogP contribution is -2.54. The molecule has 5 aromatic rings. The van der Waals surface area contributed by atoms with Crippen molar-refractivity contribution in [2.24, 2.45) is 5.92 Å². The van der Waals surface area contributed by atoms with Crippen LogP contribution in [-0.2, 0) is 14.4 Å². The van der Waals surface area contributed by atoms with Crippen molar-refractivity contribution in [3.05, 3.63) is 90.3 Å². The van der Waals surface area contributed by atoms with Crippen molar-refractivity contribution in [2.45, 2.75) is 50.6 Å². The molecule has 1 atom stereocenters. The van der Waals surface area contributed by atoms with E-state index in [1.54, 1.807) is 12.1 Å². The first-order chi connectivity index (χ1) is 31.2. The Morgan fingerprint density at radius 1 is 0.750 bits per heavy atom. The van der Waals surface area contributed by atoms with Gasteiger partial charge >= 0.3 is 0 Å². The van der Waals surface area contributed by atoms with E-state index in [0.717, 1.165) is 104 Å². The number of aromatic nitrogens is 4. The van der Waals surface area contributed by atoms with Crippen LogP contribution < -0.4 is 20.7 Å². The molecule has 3 aromatic carbocycles. The summed E-state index contributed by atoms with van der Waals surface area (Å²) in [4.78, 5) is 83.8. The van der Waals surface area contributed by atoms with Gasteiger partial charge in [0.2, 0.25) is 17.7 Å². The second-order valence-electron chi connectivity index (χ2n) is 17.5. The lowest BCUT2D eigenvalue weighted by molar-refractivity contribution is -0.136. The number of fused-ring (bicyclic) bond motifs is 2. The summed E-state index contributed by atoms with van der Waals surface area (Å²) in [5.41, 5.74) is 10.1. The van der Waals surface area contributed by atoms with E-state index in [2.05, 4.69) is 30.0 Å². The number of piperazine rings is 1. The first-order valence-electron chi connectivity index (χ1n) is 22.3. The molecule has 330 valence electrons. The van der Waals surface area contributed by atoms with Crippen LogP contribution in [0.1, 0.15) is 65.3 Å². The lowest BCUT2D eigenvalue weighted by atomic mass is 9.94. The second-order valence-corrected chi connectivity index (χ2v) is 17.5. The van der Waals surface area contributed by atoms with Crippen molar-refractivity contribution >= 4 is 52.1 Å². The molecule has 10 rings (SSSR count). The Bertz CT molecular complexity index is 2600. The quantitative estimate of drug-likeness (QED) is 0.192. The van der Waals surface area contributed by atoms with E-state index in [1.165, 1.54) is 6.33 Å². The number of rotatable bonds is 10. The van der Waals surface area contributed by atoms with E-state index in [4.69, 9.17) is 15.6 Å². The predicted octanol–water partition coefficient (Wildman–Crippen LogP) is 3.97. The SMILES string of the molecule is Nc1ncnc2c1c(-c1ccc(Oc3ccccc3)cc1)nn2C1CCN(C(=O)CN2CCN(CC3CCN(c4cccc5c4C(=O)N(C4CCC(=O)NC4=O)C5=O)CC3)CC2)CC1. The van der Waals surface area contributed by atoms with Gasteiger partial charge in [0.25, 0.3) is 11.8 Å². The summed E-state index contributed by atoms with van der Waals surface area (Å²) in [5.74, 6) is 0.543. The number of nitrogen functional groups attached to an aromatic ring is 1. The van der Waals surface area contributed by atoms with Gasteiger partial charge in [-0.1, -0.05) is 24.3 Å². The minimum absolute atomic E-state index is 0.0567. The highest BCUT2D eigenvalue weighted by Crippen LogP contribution is 2.37. The third kappa shape index (κ3) is 8.05. The van der Waals surface area contributed by atoms with Crippen LogP contribution in [0.2, 0.25) is 0 Å². The molecule has 4 saturated heterocycles. The van der Waals surface area contributed by atoms with Gasteiger partial charge in [-0.2, -0.15) is 5.10 Å². The number of anilines is 2. The Kier molecular flexibility index (Phi) is 11.3. The summed E-state index contributed by atoms with van der Waals surface area (Å²) < 4.78 is 7.97. The zero-order valence-corrected chi connectivity index (χ0v) is 35.6. The molecular weight excluding hydrogens is 815 g/mol. The fraction of sp³-hybridized carbons (Fsp3) is 0.404. The molecule has 0 aliphatic carbocycles. The summed E-state index contributed by atoms with van der Waals surface area (Å²) in [6, 6.07) is 21.8. The van der Waals surface area contributed by atoms with E-state index < -0.39 is 29.7 Å². The smallest absolute Gasteiger partial charge is 0.264 e. The van der Waals surface area contributed by atoms with E-state index in [0.29, 0.717) is 53.9 Å². The Hall–Kier alpha value is -6.72. The van der Waals surface area contributed by atoms with Crippen molar-refractivity contribution in [3.8, 4) is 22.8 Å². The van der Waals surface area contributed by atoms with Crippen molar-refractivity contribution in [2.75, 3.05) is 76.1 Å². The highest BCUT2D eigenvalue weighted by Gasteiger charge is 2.46. The van der Waals surface area contributed by atoms with E-state index in [9.17, 15) is 24.0 Å². The zero-order chi connectivity index (χ0) is 43.9. The average molecular weight is 866 g/mol. The van der Waals surface area contributed by atoms with Crippen LogP contribution >= 0.6 is 0 Å². The van der Waals surface area contributed by atoms with Crippen molar-refractivity contribution in [1.82, 2.24) is 44.7 Å². The average Bonchev–Trinajstić information content (AvgIpc) is 3.83. The molecule has 0 saturated carbocycles. The molecule has 2 aromatic heterocycles. The highest BCUT2D eigenvalue weighted by atomic mass is 16.5. The van der Waals surface area contributed by atoms with Gasteiger partial charge < -0.3 is 25.2 Å². The normalized spacial score (nSPS) is 20.6. The first-order valence-corrected chi connectivity index (χ1v) is 22.3. The number of piperidine rings is 3. The van der Waals surface area contributed by atoms with Gasteiger partial charge in [0.15, 0.2) is 5.65 Å². The van der Waals surface area contributed by atoms with Crippen molar-refractivity contribution in [1.29, 1.82) is 0 Å². The number of benzene rings is 3. The fourth-order valence-corrected chi connectivity index (χ4v) is 10.0. The molecular formula is C47H51N11O6. The van der Waals surface area contributed by atoms with Gasteiger partial charge in [0.1, 0.15) is 35.4 Å². The number of nitrogens with zero attached hydrogens (tertiary/aromatic N) is 9. The predicted molar refractivity (Wildman–Crippen MR) is 237 cm³/mol. The summed E-state index contributed by atoms with van der Waals surface area (Å²) >= 11 is 0. The maximum atomic E-state index is 13.7. The van der Waals surface area contributed by atoms with E-state index in [-0.39, 0.29) is 24.8 Å². The highest BCUT2D eigenvalue weighted by molar-refractivity contribution is 6.25. The number of carbonyl (C=O) groups is 5. The molecule has 5 aliphatic rings. The van der Waals surface area contributed by atoms with Gasteiger partial charge in [-0.05, 0) is 86.6 Å². The van der Waals surface area contributed by atoms with Gasteiger partial charge in [-0.3, -0.25) is 39.1 Å². The monoisotopic (exact) mass is 865 g/mol. The Morgan fingerprint density at radius 2 is 1.47 bits per heavy atom. The summed E-state index contributed by atoms with van der Waals surface area (Å²) in [7, 11) is 0. The molecule has 0 radical (unpaired) electrons. The zero-order valence-electron chi connectivity index (χ0n) is 35.6. The number of hydrogen-bond donors (Lipinski definition) is 2. The second kappa shape index (κ2) is 17.4. The van der Waals surface area contributed by atoms with Gasteiger partial charge in [0, 0.05) is 70.9 Å². The molecule has 4 fully saturated rings. The van der Waals surface area contributed by atoms with Crippen LogP contribution in [0, 0.1) is 5.92 Å². The number of para-hydroxylation sites is 1. The van der Waals surface area contributed by atoms with E-state index >= 15 is 0 Å². The number of imide groups is 2. The molecule has 64 heavy (non-hydrogen) atoms. The van der Waals surface area contributed by atoms with Crippen molar-refractivity contribution < 1.29 is 28.7 Å². The van der Waals surface area contributed by atoms with Crippen LogP contribution in [0.15, 0.2) is 79.1 Å². The standard InChI is InChI=1S/C47H51N11O6/c48-43-41-42(31-9-11-34(12-10-31)64-33-5-2-1-3-6-33)52-58(44(41)50-29-49-43)32-17-21-56(22-18-32)39(60)28-54-25-23-53(24-26-54)27-30-15-19-55(20-16-30)36-8-4-7-35-40(36)47(63)57(46(35)62)37-13-14-38(59)51-45(37)61/h1-12,29-30,32,37H,13-28H2,(H2,48,49,50)(H,51,59,61). The molecule has 5 amide bonds. The van der Waals surface area contributed by atoms with Crippen LogP contribution in [-0.4, -0.2) is 140 Å². The summed E-state index contributed by atoms with van der Waals surface area (Å²) in [5, 5.41) is 8.04. The topological polar surface area (TPSA) is 192 Å². The third-order valence-electron chi connectivity index (χ3n) is 13.5. The Morgan fingerprint density at radius 3 is 2.20 bits per heavy atom. The maximum Gasteiger partial charge on any atom is 0.264 e. The van der Waals surface area contributed by atoms with Gasteiger partial charge in [-0.25, -0.2) is 14.6 Å². The number of amides is 5. The maximum absolute atomic E-state index is 13.7. The molecule has 3 N–H and O–H groups in total. The fourth-order valence-electron chi connectivity index (χ4n) is 10.0. The Balaban J connectivity index is 0.690. The Labute approximate surface area is 370 Å². The van der Waals surface area contributed by atoms with Gasteiger partial charge in [0.05, 0.1) is 34.8 Å². The van der Waals surface area contributed by atoms with Gasteiger partial charge in [-0.15, -0.1) is 0 Å². The van der Waals surface area contributed by atoms with Crippen LogP contribution in [0.25, 0.3) is 22.3 Å². The molecule has 1 unspecified atom stereocenters. The molecule has 17 nitrogen and oxygen atoms in total. The largest absolute Gasteiger partial charge is 0.457 e. The number of likely N-dealkylation sites (tertiary alicyclic amines) is 1. The number of hydrogen-bond acceptors (Lipinski definition) is 13. The number of nitrogens with one attached hydrogen (secondary N) is 1. The van der Waals surface area contributed by atoms with Crippen LogP contribution in [0.5, 0.6) is 11.5 Å². The third-order valence-corrected chi connectivity index (χ3v) is 13.5. The number of carbonyl (C=O) groups excluding carboxylic acids is 5. The van der Waals surface area contributed by atoms with Crippen LogP contribution in [0.3, 0.4) is 0 Å². The molecule has 0 bridgehead atoms. The molecule has 17 heteroatoms. The molecule has 7 heterocycles. The van der Waals surface area contributed by atoms with E-state index in [1.807, 2.05) is 70.2 Å². The lowest BCUT2D eigenvalue weighted by Gasteiger charge is -2.40. The summed E-state index contributed by atoms with van der Waals surface area (Å²) in [6.07, 6.45) is 5.10. The minimum atomic E-state index is -0.987. The number of nitrogens with two attached hydrogens (primary N) is 1. The number of ether oxygens (including phenoxy) is 1.